The fourth-order valence-corrected chi connectivity index (χ4v) is 9.07. The molecule has 1 saturated heterocycles. The minimum atomic E-state index is -0.585. The van der Waals surface area contributed by atoms with Crippen LogP contribution in [0.3, 0.4) is 0 Å². The van der Waals surface area contributed by atoms with Crippen LogP contribution in [0, 0.1) is 28.5 Å². The minimum Gasteiger partial charge on any atom is -0.378 e. The summed E-state index contributed by atoms with van der Waals surface area (Å²) in [7, 11) is 0. The first kappa shape index (κ1) is 56.1. The monoisotopic (exact) mass is 1020 g/mol. The molecule has 0 aliphatic carbocycles. The molecule has 2 heterocycles. The van der Waals surface area contributed by atoms with Gasteiger partial charge in [-0.25, -0.2) is 4.39 Å². The zero-order chi connectivity index (χ0) is 52.3. The molecule has 15 nitrogen and oxygen atoms in total. The number of nitriles is 1. The smallest absolute Gasteiger partial charge is 0.264 e. The molecule has 0 unspecified atom stereocenters. The van der Waals surface area contributed by atoms with Gasteiger partial charge in [-0.1, -0.05) is 68.8 Å². The highest BCUT2D eigenvalue weighted by atomic mass is 35.5. The molecule has 4 aromatic carbocycles. The van der Waals surface area contributed by atoms with Gasteiger partial charge in [-0.05, 0) is 102 Å². The standard InChI is InChI=1S/C56H68ClFN6O9/c1-38-32-51(62-47-17-13-45(57)14-18-47)48-33-43(12-19-52(48)64(38)39(2)65)40-6-8-42(9-7-40)53(66)60-20-22-69-24-26-71-28-30-73-31-29-72-27-25-70-23-21-61-54(67)50-37-63(55(68)44(35-59)34-56(3,4)5)36-49(50)41-10-15-46(58)16-11-41/h6-19,33-34,38,49-51,62H,20-32,36-37H2,1-5H3,(H,60,66)(H,61,67)/b44-34+/t38-,49-,50+,51+/m0/s1. The van der Waals surface area contributed by atoms with Gasteiger partial charge in [-0.15, -0.1) is 0 Å². The van der Waals surface area contributed by atoms with Gasteiger partial charge in [-0.3, -0.25) is 19.2 Å². The van der Waals surface area contributed by atoms with Gasteiger partial charge in [0.05, 0.1) is 78.0 Å². The molecule has 73 heavy (non-hydrogen) atoms. The molecule has 4 aromatic rings. The lowest BCUT2D eigenvalue weighted by Gasteiger charge is -2.39. The van der Waals surface area contributed by atoms with E-state index in [1.165, 1.54) is 17.0 Å². The number of rotatable bonds is 25. The lowest BCUT2D eigenvalue weighted by molar-refractivity contribution is -0.127. The van der Waals surface area contributed by atoms with E-state index in [0.717, 1.165) is 40.0 Å². The van der Waals surface area contributed by atoms with Crippen molar-refractivity contribution < 1.29 is 47.3 Å². The van der Waals surface area contributed by atoms with Gasteiger partial charge >= 0.3 is 0 Å². The van der Waals surface area contributed by atoms with Crippen LogP contribution >= 0.6 is 11.6 Å². The number of amides is 4. The first-order chi connectivity index (χ1) is 35.1. The summed E-state index contributed by atoms with van der Waals surface area (Å²) in [5.74, 6) is -2.22. The Morgan fingerprint density at radius 1 is 0.753 bits per heavy atom. The summed E-state index contributed by atoms with van der Waals surface area (Å²) >= 11 is 6.12. The summed E-state index contributed by atoms with van der Waals surface area (Å²) in [6.45, 7) is 13.9. The number of hydrogen-bond donors (Lipinski definition) is 3. The van der Waals surface area contributed by atoms with Crippen molar-refractivity contribution >= 4 is 46.6 Å². The second-order valence-electron chi connectivity index (χ2n) is 19.1. The molecule has 4 amide bonds. The molecule has 0 radical (unpaired) electrons. The molecule has 4 atom stereocenters. The highest BCUT2D eigenvalue weighted by molar-refractivity contribution is 6.30. The number of allylic oxidation sites excluding steroid dienone is 1. The SMILES string of the molecule is CC(=O)N1c2ccc(-c3ccc(C(=O)NCCOCCOCCOCCOCCOCCNC(=O)[C@@H]4CN(C(=O)/C(C#N)=C/C(C)(C)C)C[C@H]4c4ccc(F)cc4)cc3)cc2[C@H](Nc2ccc(Cl)cc2)C[C@@H]1C. The Morgan fingerprint density at radius 3 is 1.88 bits per heavy atom. The maximum Gasteiger partial charge on any atom is 0.264 e. The number of fused-ring (bicyclic) bond motifs is 1. The second kappa shape index (κ2) is 27.7. The van der Waals surface area contributed by atoms with Gasteiger partial charge in [0.2, 0.25) is 11.8 Å². The largest absolute Gasteiger partial charge is 0.378 e. The fraction of sp³-hybridized carbons (Fsp3) is 0.446. The van der Waals surface area contributed by atoms with Crippen molar-refractivity contribution in [2.75, 3.05) is 102 Å². The van der Waals surface area contributed by atoms with Crippen LogP contribution < -0.4 is 20.9 Å². The fourth-order valence-electron chi connectivity index (χ4n) is 8.95. The van der Waals surface area contributed by atoms with Crippen LogP contribution in [0.5, 0.6) is 0 Å². The first-order valence-electron chi connectivity index (χ1n) is 24.8. The number of likely N-dealkylation sites (tertiary alicyclic amines) is 1. The minimum absolute atomic E-state index is 0.00176. The summed E-state index contributed by atoms with van der Waals surface area (Å²) in [6, 6.07) is 29.1. The number of nitrogens with zero attached hydrogens (tertiary/aromatic N) is 3. The van der Waals surface area contributed by atoms with Crippen LogP contribution in [0.15, 0.2) is 103 Å². The maximum absolute atomic E-state index is 13.7. The highest BCUT2D eigenvalue weighted by Crippen LogP contribution is 2.41. The Labute approximate surface area is 433 Å². The number of carbonyl (C=O) groups excluding carboxylic acids is 4. The van der Waals surface area contributed by atoms with Crippen molar-refractivity contribution in [2.45, 2.75) is 59.0 Å². The van der Waals surface area contributed by atoms with Gasteiger partial charge in [-0.2, -0.15) is 5.26 Å². The third kappa shape index (κ3) is 16.9. The van der Waals surface area contributed by atoms with E-state index in [4.69, 9.17) is 35.3 Å². The predicted molar refractivity (Wildman–Crippen MR) is 279 cm³/mol. The lowest BCUT2D eigenvalue weighted by Crippen LogP contribution is -2.43. The number of halogens is 2. The molecule has 0 aromatic heterocycles. The Bertz CT molecular complexity index is 2530. The van der Waals surface area contributed by atoms with E-state index in [-0.39, 0.29) is 73.0 Å². The molecule has 0 spiro atoms. The molecule has 390 valence electrons. The molecule has 2 aliphatic heterocycles. The quantitative estimate of drug-likeness (QED) is 0.0332. The Hall–Kier alpha value is -6.19. The summed E-state index contributed by atoms with van der Waals surface area (Å²) < 4.78 is 41.7. The molecule has 0 bridgehead atoms. The number of ether oxygens (including phenoxy) is 5. The van der Waals surface area contributed by atoms with Crippen LogP contribution in [0.1, 0.15) is 74.5 Å². The van der Waals surface area contributed by atoms with Crippen molar-refractivity contribution in [1.82, 2.24) is 15.5 Å². The van der Waals surface area contributed by atoms with Gasteiger partial charge in [0.1, 0.15) is 17.5 Å². The van der Waals surface area contributed by atoms with Crippen molar-refractivity contribution in [3.8, 4) is 17.2 Å². The Kier molecular flexibility index (Phi) is 21.3. The Balaban J connectivity index is 0.781. The summed E-state index contributed by atoms with van der Waals surface area (Å²) in [5, 5.41) is 19.8. The maximum atomic E-state index is 13.7. The second-order valence-corrected chi connectivity index (χ2v) is 19.6. The predicted octanol–water partition coefficient (Wildman–Crippen LogP) is 8.11. The molecule has 1 fully saturated rings. The van der Waals surface area contributed by atoms with Crippen molar-refractivity contribution in [3.63, 3.8) is 0 Å². The van der Waals surface area contributed by atoms with Crippen molar-refractivity contribution in [1.29, 1.82) is 5.26 Å². The molecule has 17 heteroatoms. The lowest BCUT2D eigenvalue weighted by atomic mass is 9.88. The molecular formula is C56H68ClFN6O9. The highest BCUT2D eigenvalue weighted by Gasteiger charge is 2.41. The van der Waals surface area contributed by atoms with Crippen LogP contribution in [0.2, 0.25) is 5.02 Å². The first-order valence-corrected chi connectivity index (χ1v) is 25.2. The number of carbonyl (C=O) groups is 4. The van der Waals surface area contributed by atoms with Gasteiger partial charge < -0.3 is 49.4 Å². The molecule has 6 rings (SSSR count). The average Bonchev–Trinajstić information content (AvgIpc) is 3.82. The zero-order valence-electron chi connectivity index (χ0n) is 42.4. The van der Waals surface area contributed by atoms with E-state index < -0.39 is 17.6 Å². The molecule has 3 N–H and O–H groups in total. The van der Waals surface area contributed by atoms with Crippen molar-refractivity contribution in [3.05, 3.63) is 130 Å². The molecule has 2 aliphatic rings. The number of hydrogen-bond acceptors (Lipinski definition) is 11. The summed E-state index contributed by atoms with van der Waals surface area (Å²) in [5.41, 5.74) is 5.71. The van der Waals surface area contributed by atoms with Gasteiger partial charge in [0, 0.05) is 67.0 Å². The van der Waals surface area contributed by atoms with Crippen molar-refractivity contribution in [2.24, 2.45) is 11.3 Å². The van der Waals surface area contributed by atoms with E-state index in [1.807, 2.05) is 80.3 Å². The van der Waals surface area contributed by atoms with E-state index in [2.05, 4.69) is 28.9 Å². The molecular weight excluding hydrogens is 955 g/mol. The van der Waals surface area contributed by atoms with Crippen LogP contribution in [0.25, 0.3) is 11.1 Å². The van der Waals surface area contributed by atoms with Crippen LogP contribution in [0.4, 0.5) is 15.8 Å². The summed E-state index contributed by atoms with van der Waals surface area (Å²) in [6.07, 6.45) is 2.37. The van der Waals surface area contributed by atoms with E-state index in [1.54, 1.807) is 37.3 Å². The Morgan fingerprint density at radius 2 is 1.32 bits per heavy atom. The normalized spacial score (nSPS) is 17.7. The molecule has 0 saturated carbocycles. The number of benzene rings is 4. The third-order valence-corrected chi connectivity index (χ3v) is 12.7. The van der Waals surface area contributed by atoms with Gasteiger partial charge in [0.25, 0.3) is 11.8 Å². The summed E-state index contributed by atoms with van der Waals surface area (Å²) in [4.78, 5) is 55.6. The van der Waals surface area contributed by atoms with E-state index in [0.29, 0.717) is 76.6 Å². The average molecular weight is 1020 g/mol. The van der Waals surface area contributed by atoms with E-state index in [9.17, 15) is 28.8 Å². The van der Waals surface area contributed by atoms with Crippen LogP contribution in [-0.4, -0.2) is 127 Å². The van der Waals surface area contributed by atoms with E-state index >= 15 is 0 Å². The third-order valence-electron chi connectivity index (χ3n) is 12.4. The van der Waals surface area contributed by atoms with Crippen LogP contribution in [-0.2, 0) is 38.1 Å². The zero-order valence-corrected chi connectivity index (χ0v) is 43.2. The number of anilines is 2. The van der Waals surface area contributed by atoms with Gasteiger partial charge in [0.15, 0.2) is 0 Å². The number of nitrogens with one attached hydrogen (secondary N) is 3. The topological polar surface area (TPSA) is 181 Å².